The van der Waals surface area contributed by atoms with E-state index in [9.17, 15) is 13.2 Å². The van der Waals surface area contributed by atoms with Gasteiger partial charge in [0.15, 0.2) is 0 Å². The number of hydrogen-bond acceptors (Lipinski definition) is 7. The molecule has 0 aliphatic heterocycles. The molecule has 1 heterocycles. The van der Waals surface area contributed by atoms with Crippen LogP contribution in [0.2, 0.25) is 0 Å². The van der Waals surface area contributed by atoms with E-state index in [1.807, 2.05) is 0 Å². The summed E-state index contributed by atoms with van der Waals surface area (Å²) >= 11 is 0.795. The lowest BCUT2D eigenvalue weighted by atomic mass is 10.2. The highest BCUT2D eigenvalue weighted by Crippen LogP contribution is 2.22. The Hall–Kier alpha value is -2.04. The van der Waals surface area contributed by atoms with Gasteiger partial charge in [-0.15, -0.1) is 10.2 Å². The lowest BCUT2D eigenvalue weighted by Gasteiger charge is -2.08. The first-order valence-electron chi connectivity index (χ1n) is 7.09. The van der Waals surface area contributed by atoms with E-state index in [-0.39, 0.29) is 27.8 Å². The van der Waals surface area contributed by atoms with Crippen molar-refractivity contribution >= 4 is 32.4 Å². The van der Waals surface area contributed by atoms with Gasteiger partial charge in [-0.1, -0.05) is 43.4 Å². The number of carbonyl (C=O) groups is 1. The summed E-state index contributed by atoms with van der Waals surface area (Å²) in [6, 6.07) is 7.09. The third-order valence-electron chi connectivity index (χ3n) is 3.04. The zero-order valence-corrected chi connectivity index (χ0v) is 15.1. The molecule has 0 fully saturated rings. The van der Waals surface area contributed by atoms with E-state index in [0.29, 0.717) is 11.3 Å². The maximum Gasteiger partial charge on any atom is 0.270 e. The number of nitrogens with zero attached hydrogens (tertiary/aromatic N) is 2. The zero-order chi connectivity index (χ0) is 17.7. The number of nitrogens with one attached hydrogen (secondary N) is 2. The van der Waals surface area contributed by atoms with Crippen molar-refractivity contribution in [3.05, 3.63) is 29.8 Å². The van der Waals surface area contributed by atoms with Crippen molar-refractivity contribution in [1.29, 1.82) is 0 Å². The first-order chi connectivity index (χ1) is 11.3. The average Bonchev–Trinajstić information content (AvgIpc) is 3.02. The van der Waals surface area contributed by atoms with E-state index < -0.39 is 10.0 Å². The molecular weight excluding hydrogens is 352 g/mol. The van der Waals surface area contributed by atoms with Crippen LogP contribution in [0, 0.1) is 5.92 Å². The molecule has 0 unspecified atom stereocenters. The lowest BCUT2D eigenvalue weighted by molar-refractivity contribution is -0.118. The highest BCUT2D eigenvalue weighted by atomic mass is 32.2. The van der Waals surface area contributed by atoms with Crippen LogP contribution in [0.15, 0.2) is 28.6 Å². The molecule has 1 amide bonds. The van der Waals surface area contributed by atoms with Gasteiger partial charge in [0, 0.05) is 18.0 Å². The molecule has 0 aliphatic carbocycles. The molecule has 130 valence electrons. The second kappa shape index (κ2) is 7.69. The van der Waals surface area contributed by atoms with Crippen LogP contribution >= 0.6 is 11.3 Å². The number of methoxy groups -OCH3 is 1. The summed E-state index contributed by atoms with van der Waals surface area (Å²) in [5.74, 6) is 0.0945. The second-order valence-electron chi connectivity index (χ2n) is 5.15. The number of benzene rings is 1. The van der Waals surface area contributed by atoms with Gasteiger partial charge in [0.1, 0.15) is 5.75 Å². The molecule has 0 aliphatic rings. The predicted molar refractivity (Wildman–Crippen MR) is 90.4 cm³/mol. The topological polar surface area (TPSA) is 110 Å². The maximum absolute atomic E-state index is 12.3. The molecule has 2 rings (SSSR count). The molecule has 8 nitrogen and oxygen atoms in total. The minimum Gasteiger partial charge on any atom is -0.496 e. The number of anilines is 1. The minimum atomic E-state index is -3.83. The van der Waals surface area contributed by atoms with Crippen LogP contribution in [0.3, 0.4) is 0 Å². The smallest absolute Gasteiger partial charge is 0.270 e. The fraction of sp³-hybridized carbons (Fsp3) is 0.357. The Labute approximate surface area is 144 Å². The summed E-state index contributed by atoms with van der Waals surface area (Å²) in [6.07, 6.45) is 0. The van der Waals surface area contributed by atoms with E-state index >= 15 is 0 Å². The predicted octanol–water partition coefficient (Wildman–Crippen LogP) is 1.62. The van der Waals surface area contributed by atoms with Crippen LogP contribution < -0.4 is 14.8 Å². The lowest BCUT2D eigenvalue weighted by Crippen LogP contribution is -2.23. The van der Waals surface area contributed by atoms with Gasteiger partial charge >= 0.3 is 0 Å². The second-order valence-corrected chi connectivity index (χ2v) is 8.07. The number of sulfonamides is 1. The van der Waals surface area contributed by atoms with Gasteiger partial charge in [-0.05, 0) is 6.07 Å². The fourth-order valence-corrected chi connectivity index (χ4v) is 3.65. The normalized spacial score (nSPS) is 11.5. The van der Waals surface area contributed by atoms with Gasteiger partial charge in [0.2, 0.25) is 15.4 Å². The fourth-order valence-electron chi connectivity index (χ4n) is 1.70. The molecular formula is C14H18N4O4S2. The first kappa shape index (κ1) is 18.3. The molecule has 1 aromatic heterocycles. The Morgan fingerprint density at radius 1 is 1.29 bits per heavy atom. The third kappa shape index (κ3) is 4.49. The van der Waals surface area contributed by atoms with E-state index in [2.05, 4.69) is 20.2 Å². The number of aromatic nitrogens is 2. The van der Waals surface area contributed by atoms with Crippen LogP contribution in [-0.4, -0.2) is 31.6 Å². The monoisotopic (exact) mass is 370 g/mol. The van der Waals surface area contributed by atoms with Gasteiger partial charge in [-0.25, -0.2) is 13.1 Å². The summed E-state index contributed by atoms with van der Waals surface area (Å²) in [5, 5.41) is 9.98. The molecule has 2 N–H and O–H groups in total. The van der Waals surface area contributed by atoms with E-state index in [1.165, 1.54) is 7.11 Å². The maximum atomic E-state index is 12.3. The van der Waals surface area contributed by atoms with Crippen molar-refractivity contribution in [3.8, 4) is 5.75 Å². The Kier molecular flexibility index (Phi) is 5.86. The van der Waals surface area contributed by atoms with E-state index in [1.54, 1.807) is 38.1 Å². The van der Waals surface area contributed by atoms with Crippen LogP contribution in [-0.2, 0) is 21.4 Å². The van der Waals surface area contributed by atoms with E-state index in [0.717, 1.165) is 11.3 Å². The summed E-state index contributed by atoms with van der Waals surface area (Å²) in [7, 11) is -2.31. The molecule has 0 saturated heterocycles. The summed E-state index contributed by atoms with van der Waals surface area (Å²) in [5.41, 5.74) is 0.696. The highest BCUT2D eigenvalue weighted by Gasteiger charge is 2.21. The van der Waals surface area contributed by atoms with Gasteiger partial charge < -0.3 is 10.1 Å². The molecule has 0 spiro atoms. The molecule has 24 heavy (non-hydrogen) atoms. The number of amides is 1. The molecule has 0 saturated carbocycles. The summed E-state index contributed by atoms with van der Waals surface area (Å²) in [6.45, 7) is 3.51. The third-order valence-corrected chi connectivity index (χ3v) is 5.64. The van der Waals surface area contributed by atoms with Crippen molar-refractivity contribution in [2.75, 3.05) is 12.4 Å². The van der Waals surface area contributed by atoms with Crippen LogP contribution in [0.25, 0.3) is 0 Å². The number of para-hydroxylation sites is 1. The van der Waals surface area contributed by atoms with Crippen molar-refractivity contribution in [1.82, 2.24) is 14.9 Å². The molecule has 0 atom stereocenters. The summed E-state index contributed by atoms with van der Waals surface area (Å²) in [4.78, 5) is 11.6. The SMILES string of the molecule is COc1ccccc1CNS(=O)(=O)c1nnc(NC(=O)C(C)C)s1. The number of carbonyl (C=O) groups excluding carboxylic acids is 1. The Morgan fingerprint density at radius 3 is 2.67 bits per heavy atom. The Bertz CT molecular complexity index is 818. The molecule has 10 heteroatoms. The van der Waals surface area contributed by atoms with Crippen LogP contribution in [0.5, 0.6) is 5.75 Å². The van der Waals surface area contributed by atoms with Crippen molar-refractivity contribution in [2.24, 2.45) is 5.92 Å². The van der Waals surface area contributed by atoms with Crippen molar-refractivity contribution in [2.45, 2.75) is 24.7 Å². The zero-order valence-electron chi connectivity index (χ0n) is 13.4. The van der Waals surface area contributed by atoms with E-state index in [4.69, 9.17) is 4.74 Å². The summed E-state index contributed by atoms with van der Waals surface area (Å²) < 4.78 is 32.0. The standard InChI is InChI=1S/C14H18N4O4S2/c1-9(2)12(19)16-13-17-18-14(23-13)24(20,21)15-8-10-6-4-5-7-11(10)22-3/h4-7,9,15H,8H2,1-3H3,(H,16,17,19). The molecule has 1 aromatic carbocycles. The number of rotatable bonds is 7. The minimum absolute atomic E-state index is 0.0552. The van der Waals surface area contributed by atoms with Crippen LogP contribution in [0.1, 0.15) is 19.4 Å². The van der Waals surface area contributed by atoms with Gasteiger partial charge in [-0.2, -0.15) is 0 Å². The van der Waals surface area contributed by atoms with Gasteiger partial charge in [-0.3, -0.25) is 4.79 Å². The molecule has 2 aromatic rings. The quantitative estimate of drug-likeness (QED) is 0.717. The first-order valence-corrected chi connectivity index (χ1v) is 9.39. The highest BCUT2D eigenvalue weighted by molar-refractivity contribution is 7.91. The van der Waals surface area contributed by atoms with Gasteiger partial charge in [0.05, 0.1) is 7.11 Å². The van der Waals surface area contributed by atoms with Crippen LogP contribution in [0.4, 0.5) is 5.13 Å². The number of ether oxygens (including phenoxy) is 1. The van der Waals surface area contributed by atoms with Crippen molar-refractivity contribution < 1.29 is 17.9 Å². The average molecular weight is 370 g/mol. The van der Waals surface area contributed by atoms with Crippen molar-refractivity contribution in [3.63, 3.8) is 0 Å². The largest absolute Gasteiger partial charge is 0.496 e. The number of hydrogen-bond donors (Lipinski definition) is 2. The van der Waals surface area contributed by atoms with Gasteiger partial charge in [0.25, 0.3) is 10.0 Å². The molecule has 0 radical (unpaired) electrons. The Balaban J connectivity index is 2.08. The Morgan fingerprint density at radius 2 is 2.00 bits per heavy atom. The molecule has 0 bridgehead atoms.